The van der Waals surface area contributed by atoms with Crippen LogP contribution in [0.2, 0.25) is 0 Å². The molecule has 0 bridgehead atoms. The number of aromatic hydroxyl groups is 2. The van der Waals surface area contributed by atoms with Gasteiger partial charge in [0.2, 0.25) is 0 Å². The second-order valence-corrected chi connectivity index (χ2v) is 7.92. The predicted octanol–water partition coefficient (Wildman–Crippen LogP) is 4.17. The fraction of sp³-hybridized carbons (Fsp3) is 0.294. The van der Waals surface area contributed by atoms with E-state index in [0.717, 1.165) is 43.4 Å². The highest BCUT2D eigenvalue weighted by Crippen LogP contribution is 2.36. The van der Waals surface area contributed by atoms with Gasteiger partial charge in [0.25, 0.3) is 0 Å². The number of benzene rings is 2. The number of fused-ring (bicyclic) bond motifs is 1. The van der Waals surface area contributed by atoms with Gasteiger partial charge >= 0.3 is 0 Å². The maximum Gasteiger partial charge on any atom is 0.157 e. The molecule has 0 spiro atoms. The largest absolute Gasteiger partial charge is 0.504 e. The number of rotatable bonds is 3. The fourth-order valence-corrected chi connectivity index (χ4v) is 5.35. The zero-order chi connectivity index (χ0) is 16.6. The van der Waals surface area contributed by atoms with Crippen molar-refractivity contribution < 1.29 is 14.9 Å². The molecule has 3 N–H and O–H groups in total. The van der Waals surface area contributed by atoms with E-state index in [1.165, 1.54) is 5.56 Å². The van der Waals surface area contributed by atoms with Crippen molar-refractivity contribution in [3.8, 4) is 17.2 Å². The van der Waals surface area contributed by atoms with Crippen LogP contribution >= 0.6 is 57.6 Å². The van der Waals surface area contributed by atoms with E-state index < -0.39 is 0 Å². The van der Waals surface area contributed by atoms with Crippen LogP contribution in [0, 0.1) is 7.14 Å². The number of phenolic OH excluding ortho intramolecular Hbond substituents is 2. The highest BCUT2D eigenvalue weighted by atomic mass is 127. The summed E-state index contributed by atoms with van der Waals surface area (Å²) < 4.78 is 7.60. The summed E-state index contributed by atoms with van der Waals surface area (Å²) in [6.45, 7) is 0.867. The summed E-state index contributed by atoms with van der Waals surface area (Å²) in [5.74, 6) is 0.809. The maximum atomic E-state index is 9.82. The summed E-state index contributed by atoms with van der Waals surface area (Å²) >= 11 is 4.58. The van der Waals surface area contributed by atoms with Crippen LogP contribution in [-0.4, -0.2) is 23.9 Å². The molecule has 0 saturated carbocycles. The molecule has 1 atom stereocenters. The maximum absolute atomic E-state index is 9.82. The molecule has 24 heavy (non-hydrogen) atoms. The first-order valence-electron chi connectivity index (χ1n) is 7.29. The second-order valence-electron chi connectivity index (χ2n) is 5.59. The minimum absolute atomic E-state index is 0. The van der Waals surface area contributed by atoms with Gasteiger partial charge in [0.05, 0.1) is 14.3 Å². The Morgan fingerprint density at radius 2 is 1.75 bits per heavy atom. The van der Waals surface area contributed by atoms with E-state index in [2.05, 4.69) is 62.6 Å². The molecule has 1 aliphatic heterocycles. The summed E-state index contributed by atoms with van der Waals surface area (Å²) in [7, 11) is 1.69. The Labute approximate surface area is 174 Å². The smallest absolute Gasteiger partial charge is 0.157 e. The third-order valence-corrected chi connectivity index (χ3v) is 5.70. The van der Waals surface area contributed by atoms with Gasteiger partial charge in [0.15, 0.2) is 11.5 Å². The van der Waals surface area contributed by atoms with Crippen molar-refractivity contribution in [2.75, 3.05) is 13.7 Å². The van der Waals surface area contributed by atoms with E-state index in [1.54, 1.807) is 19.2 Å². The molecule has 0 saturated heterocycles. The van der Waals surface area contributed by atoms with Crippen LogP contribution < -0.4 is 10.1 Å². The molecule has 4 nitrogen and oxygen atoms in total. The normalized spacial score (nSPS) is 16.2. The Morgan fingerprint density at radius 1 is 1.12 bits per heavy atom. The van der Waals surface area contributed by atoms with Crippen molar-refractivity contribution in [2.24, 2.45) is 0 Å². The molecule has 7 heteroatoms. The number of hydrogen-bond donors (Lipinski definition) is 3. The summed E-state index contributed by atoms with van der Waals surface area (Å²) in [5.41, 5.74) is 3.38. The lowest BCUT2D eigenvalue weighted by Crippen LogP contribution is -2.31. The number of phenols is 2. The third kappa shape index (κ3) is 4.03. The number of halogens is 3. The van der Waals surface area contributed by atoms with Gasteiger partial charge in [-0.05, 0) is 106 Å². The molecule has 2 aromatic carbocycles. The molecule has 1 aliphatic rings. The Hall–Kier alpha value is -0.450. The van der Waals surface area contributed by atoms with Crippen molar-refractivity contribution in [3.05, 3.63) is 48.1 Å². The standard InChI is InChI=1S/C17H17I2NO3.ClH/c1-23-17-12(18)4-9(5-13(17)19)6-14-11-8-16(22)15(21)7-10(11)2-3-20-14;/h4-5,7-8,14,20-22H,2-3,6H2,1H3;1H/t14-;/m0./s1. The van der Waals surface area contributed by atoms with E-state index in [4.69, 9.17) is 4.74 Å². The van der Waals surface area contributed by atoms with Gasteiger partial charge in [-0.3, -0.25) is 0 Å². The highest BCUT2D eigenvalue weighted by molar-refractivity contribution is 14.1. The molecule has 0 aromatic heterocycles. The lowest BCUT2D eigenvalue weighted by Gasteiger charge is -2.27. The lowest BCUT2D eigenvalue weighted by molar-refractivity contribution is 0.398. The van der Waals surface area contributed by atoms with Crippen LogP contribution in [0.5, 0.6) is 17.2 Å². The van der Waals surface area contributed by atoms with Gasteiger partial charge in [-0.25, -0.2) is 0 Å². The molecule has 1 heterocycles. The van der Waals surface area contributed by atoms with Crippen molar-refractivity contribution in [2.45, 2.75) is 18.9 Å². The average Bonchev–Trinajstić information content (AvgIpc) is 2.49. The highest BCUT2D eigenvalue weighted by Gasteiger charge is 2.22. The van der Waals surface area contributed by atoms with E-state index in [0.29, 0.717) is 0 Å². The number of ether oxygens (including phenoxy) is 1. The van der Waals surface area contributed by atoms with Crippen molar-refractivity contribution in [1.82, 2.24) is 5.32 Å². The Morgan fingerprint density at radius 3 is 2.38 bits per heavy atom. The first kappa shape index (κ1) is 19.9. The van der Waals surface area contributed by atoms with Gasteiger partial charge in [0, 0.05) is 6.04 Å². The first-order valence-corrected chi connectivity index (χ1v) is 9.45. The van der Waals surface area contributed by atoms with Gasteiger partial charge in [-0.15, -0.1) is 12.4 Å². The van der Waals surface area contributed by atoms with E-state index >= 15 is 0 Å². The van der Waals surface area contributed by atoms with Crippen molar-refractivity contribution >= 4 is 57.6 Å². The monoisotopic (exact) mass is 573 g/mol. The number of nitrogens with one attached hydrogen (secondary N) is 1. The zero-order valence-electron chi connectivity index (χ0n) is 13.0. The predicted molar refractivity (Wildman–Crippen MR) is 114 cm³/mol. The summed E-state index contributed by atoms with van der Waals surface area (Å²) in [6, 6.07) is 7.77. The van der Waals surface area contributed by atoms with Gasteiger partial charge < -0.3 is 20.3 Å². The number of hydrogen-bond acceptors (Lipinski definition) is 4. The zero-order valence-corrected chi connectivity index (χ0v) is 18.1. The van der Waals surface area contributed by atoms with Crippen molar-refractivity contribution in [1.29, 1.82) is 0 Å². The minimum Gasteiger partial charge on any atom is -0.504 e. The molecule has 130 valence electrons. The van der Waals surface area contributed by atoms with E-state index in [-0.39, 0.29) is 29.9 Å². The molecular weight excluding hydrogens is 555 g/mol. The lowest BCUT2D eigenvalue weighted by atomic mass is 9.90. The SMILES string of the molecule is COc1c(I)cc(C[C@@H]2NCCc3cc(O)c(O)cc32)cc1I.Cl. The molecule has 0 radical (unpaired) electrons. The topological polar surface area (TPSA) is 61.7 Å². The molecule has 0 aliphatic carbocycles. The van der Waals surface area contributed by atoms with Gasteiger partial charge in [-0.1, -0.05) is 0 Å². The van der Waals surface area contributed by atoms with E-state index in [9.17, 15) is 10.2 Å². The first-order chi connectivity index (χ1) is 11.0. The van der Waals surface area contributed by atoms with Crippen LogP contribution in [0.15, 0.2) is 24.3 Å². The minimum atomic E-state index is -0.0589. The quantitative estimate of drug-likeness (QED) is 0.381. The molecule has 3 rings (SSSR count). The summed E-state index contributed by atoms with van der Waals surface area (Å²) in [4.78, 5) is 0. The van der Waals surface area contributed by atoms with Gasteiger partial charge in [0.1, 0.15) is 5.75 Å². The molecule has 0 unspecified atom stereocenters. The van der Waals surface area contributed by atoms with Crippen LogP contribution in [-0.2, 0) is 12.8 Å². The Balaban J connectivity index is 0.00000208. The van der Waals surface area contributed by atoms with Crippen LogP contribution in [0.25, 0.3) is 0 Å². The molecule has 2 aromatic rings. The summed E-state index contributed by atoms with van der Waals surface area (Å²) in [6.07, 6.45) is 1.69. The third-order valence-electron chi connectivity index (χ3n) is 4.10. The number of methoxy groups -OCH3 is 1. The van der Waals surface area contributed by atoms with Gasteiger partial charge in [-0.2, -0.15) is 0 Å². The average molecular weight is 574 g/mol. The second kappa shape index (κ2) is 8.29. The summed E-state index contributed by atoms with van der Waals surface area (Å²) in [5, 5.41) is 23.0. The van der Waals surface area contributed by atoms with Crippen LogP contribution in [0.1, 0.15) is 22.7 Å². The molecule has 0 fully saturated rings. The van der Waals surface area contributed by atoms with E-state index in [1.807, 2.05) is 0 Å². The molecular formula is C17H18ClI2NO3. The molecule has 0 amide bonds. The van der Waals surface area contributed by atoms with Crippen LogP contribution in [0.4, 0.5) is 0 Å². The van der Waals surface area contributed by atoms with Crippen LogP contribution in [0.3, 0.4) is 0 Å². The Bertz CT molecular complexity index is 732. The van der Waals surface area contributed by atoms with Crippen molar-refractivity contribution in [3.63, 3.8) is 0 Å². The Kier molecular flexibility index (Phi) is 6.86. The fourth-order valence-electron chi connectivity index (χ4n) is 3.01.